The third-order valence-corrected chi connectivity index (χ3v) is 11.8. The summed E-state index contributed by atoms with van der Waals surface area (Å²) in [6.07, 6.45) is 7.34. The second-order valence-electron chi connectivity index (χ2n) is 9.86. The minimum atomic E-state index is -2.31. The van der Waals surface area contributed by atoms with Gasteiger partial charge < -0.3 is 10.0 Å². The van der Waals surface area contributed by atoms with Crippen molar-refractivity contribution in [2.75, 3.05) is 39.6 Å². The minimum Gasteiger partial charge on any atom is -0.478 e. The molecule has 1 aliphatic heterocycles. The number of rotatable bonds is 7. The summed E-state index contributed by atoms with van der Waals surface area (Å²) in [4.78, 5) is 17.3. The van der Waals surface area contributed by atoms with Gasteiger partial charge in [0.2, 0.25) is 0 Å². The summed E-state index contributed by atoms with van der Waals surface area (Å²) in [6, 6.07) is 14.7. The predicted octanol–water partition coefficient (Wildman–Crippen LogP) is 5.00. The number of azide groups is 1. The number of nitrogens with zero attached hydrogens (tertiary/aromatic N) is 5. The van der Waals surface area contributed by atoms with Crippen LogP contribution in [0.1, 0.15) is 27.9 Å². The van der Waals surface area contributed by atoms with Crippen LogP contribution in [0.3, 0.4) is 0 Å². The molecule has 0 spiro atoms. The molecule has 2 aromatic rings. The van der Waals surface area contributed by atoms with Crippen molar-refractivity contribution in [2.24, 2.45) is 5.11 Å². The molecule has 0 aromatic heterocycles. The monoisotopic (exact) mass is 498 g/mol. The van der Waals surface area contributed by atoms with Crippen molar-refractivity contribution in [1.82, 2.24) is 0 Å². The van der Waals surface area contributed by atoms with Crippen molar-refractivity contribution in [3.8, 4) is 0 Å². The van der Waals surface area contributed by atoms with Gasteiger partial charge in [0, 0.05) is 43.4 Å². The first-order valence-corrected chi connectivity index (χ1v) is 14.7. The fourth-order valence-corrected chi connectivity index (χ4v) is 9.49. The maximum absolute atomic E-state index is 12.2. The van der Waals surface area contributed by atoms with E-state index in [4.69, 9.17) is 5.53 Å². The topological polar surface area (TPSA) is 92.3 Å². The van der Waals surface area contributed by atoms with Crippen LogP contribution in [0.15, 0.2) is 76.6 Å². The average molecular weight is 499 g/mol. The Balaban J connectivity index is 2.09. The van der Waals surface area contributed by atoms with E-state index >= 15 is 0 Å². The summed E-state index contributed by atoms with van der Waals surface area (Å²) >= 11 is 0. The molecule has 0 saturated heterocycles. The molecule has 0 bridgehead atoms. The zero-order valence-electron chi connectivity index (χ0n) is 21.5. The second-order valence-corrected chi connectivity index (χ2v) is 14.1. The van der Waals surface area contributed by atoms with Gasteiger partial charge in [0.1, 0.15) is 22.2 Å². The van der Waals surface area contributed by atoms with E-state index in [1.54, 1.807) is 12.1 Å². The summed E-state index contributed by atoms with van der Waals surface area (Å²) in [5, 5.41) is 16.4. The van der Waals surface area contributed by atoms with Gasteiger partial charge in [-0.15, -0.1) is 0 Å². The summed E-state index contributed by atoms with van der Waals surface area (Å²) in [6.45, 7) is 2.85. The fraction of sp³-hybridized carbons (Fsp3) is 0.286. The van der Waals surface area contributed by atoms with Crippen LogP contribution >= 0.6 is 0 Å². The predicted molar refractivity (Wildman–Crippen MR) is 149 cm³/mol. The zero-order chi connectivity index (χ0) is 26.0. The number of hydrogen-bond donors (Lipinski definition) is 1. The Morgan fingerprint density at radius 1 is 1.14 bits per heavy atom. The molecule has 1 N–H and O–H groups in total. The molecule has 0 fully saturated rings. The molecule has 0 unspecified atom stereocenters. The smallest absolute Gasteiger partial charge is 0.336 e. The van der Waals surface area contributed by atoms with Crippen LogP contribution in [0.2, 0.25) is 12.6 Å². The number of benzene rings is 2. The van der Waals surface area contributed by atoms with Crippen LogP contribution in [-0.4, -0.2) is 64.2 Å². The zero-order valence-corrected chi connectivity index (χ0v) is 22.5. The van der Waals surface area contributed by atoms with E-state index in [1.165, 1.54) is 10.4 Å². The number of aromatic carboxylic acids is 1. The molecule has 1 aliphatic carbocycles. The molecule has 8 heteroatoms. The van der Waals surface area contributed by atoms with Crippen molar-refractivity contribution >= 4 is 36.2 Å². The first-order valence-electron chi connectivity index (χ1n) is 12.0. The molecule has 1 atom stereocenters. The first kappa shape index (κ1) is 25.2. The maximum Gasteiger partial charge on any atom is 0.336 e. The fourth-order valence-electron chi connectivity index (χ4n) is 5.26. The van der Waals surface area contributed by atoms with Crippen LogP contribution in [0.4, 0.5) is 5.69 Å². The van der Waals surface area contributed by atoms with E-state index < -0.39 is 14.0 Å². The van der Waals surface area contributed by atoms with E-state index in [-0.39, 0.29) is 0 Å². The van der Waals surface area contributed by atoms with Crippen LogP contribution in [-0.2, 0) is 0 Å². The molecule has 0 radical (unpaired) electrons. The number of carboxylic acid groups (broad SMARTS) is 1. The van der Waals surface area contributed by atoms with Gasteiger partial charge in [-0.1, -0.05) is 35.9 Å². The van der Waals surface area contributed by atoms with Crippen LogP contribution in [0.5, 0.6) is 0 Å². The van der Waals surface area contributed by atoms with Gasteiger partial charge in [-0.3, -0.25) is 0 Å². The Morgan fingerprint density at radius 3 is 2.56 bits per heavy atom. The molecule has 0 saturated carbocycles. The molecule has 184 valence electrons. The lowest BCUT2D eigenvalue weighted by molar-refractivity contribution is -0.462. The Hall–Kier alpha value is -3.87. The van der Waals surface area contributed by atoms with Gasteiger partial charge in [-0.05, 0) is 74.9 Å². The molecular formula is C28H32N5O2Si+. The van der Waals surface area contributed by atoms with Crippen LogP contribution in [0.25, 0.3) is 16.0 Å². The molecular weight excluding hydrogens is 466 g/mol. The van der Waals surface area contributed by atoms with Gasteiger partial charge in [0.25, 0.3) is 0 Å². The summed E-state index contributed by atoms with van der Waals surface area (Å²) in [5.74, 6) is -0.934. The largest absolute Gasteiger partial charge is 0.478 e. The Morgan fingerprint density at radius 2 is 1.89 bits per heavy atom. The minimum absolute atomic E-state index is 0.298. The molecule has 2 aromatic carbocycles. The Bertz CT molecular complexity index is 1410. The van der Waals surface area contributed by atoms with Crippen molar-refractivity contribution in [3.05, 3.63) is 98.6 Å². The van der Waals surface area contributed by atoms with E-state index in [2.05, 4.69) is 62.5 Å². The number of carbonyl (C=O) groups is 1. The number of fused-ring (bicyclic) bond motifs is 2. The first-order chi connectivity index (χ1) is 17.2. The highest BCUT2D eigenvalue weighted by atomic mass is 28.3. The summed E-state index contributed by atoms with van der Waals surface area (Å²) in [5.41, 5.74) is 15.2. The third kappa shape index (κ3) is 4.41. The van der Waals surface area contributed by atoms with E-state index in [1.807, 2.05) is 40.3 Å². The normalized spacial score (nSPS) is 18.1. The van der Waals surface area contributed by atoms with E-state index in [9.17, 15) is 9.90 Å². The molecule has 2 aliphatic rings. The van der Waals surface area contributed by atoms with Gasteiger partial charge in [0.15, 0.2) is 5.71 Å². The summed E-state index contributed by atoms with van der Waals surface area (Å²) < 4.78 is 2.10. The van der Waals surface area contributed by atoms with Gasteiger partial charge in [-0.25, -0.2) is 9.37 Å². The van der Waals surface area contributed by atoms with Gasteiger partial charge >= 0.3 is 5.97 Å². The second kappa shape index (κ2) is 10.0. The van der Waals surface area contributed by atoms with E-state index in [0.717, 1.165) is 46.1 Å². The van der Waals surface area contributed by atoms with Crippen molar-refractivity contribution < 1.29 is 14.5 Å². The van der Waals surface area contributed by atoms with Crippen molar-refractivity contribution in [2.45, 2.75) is 19.0 Å². The SMILES string of the molecule is CN(C)c1ccc2c(c1)[Si@@](C)(CCCN=[N+]=[N-])C1=CC(=[N+](C)C)C=CC1=C2c1ccccc1C(=O)O. The lowest BCUT2D eigenvalue weighted by Crippen LogP contribution is -2.52. The average Bonchev–Trinajstić information content (AvgIpc) is 2.86. The summed E-state index contributed by atoms with van der Waals surface area (Å²) in [7, 11) is 5.83. The maximum atomic E-state index is 12.2. The molecule has 0 amide bonds. The van der Waals surface area contributed by atoms with E-state index in [0.29, 0.717) is 12.1 Å². The van der Waals surface area contributed by atoms with Crippen molar-refractivity contribution in [1.29, 1.82) is 0 Å². The quantitative estimate of drug-likeness (QED) is 0.145. The third-order valence-electron chi connectivity index (χ3n) is 7.19. The Labute approximate surface area is 213 Å². The highest BCUT2D eigenvalue weighted by Gasteiger charge is 2.43. The number of anilines is 1. The molecule has 7 nitrogen and oxygen atoms in total. The van der Waals surface area contributed by atoms with Crippen molar-refractivity contribution in [3.63, 3.8) is 0 Å². The molecule has 36 heavy (non-hydrogen) atoms. The van der Waals surface area contributed by atoms with Crippen LogP contribution < -0.4 is 10.1 Å². The molecule has 4 rings (SSSR count). The van der Waals surface area contributed by atoms with Gasteiger partial charge in [0.05, 0.1) is 5.56 Å². The highest BCUT2D eigenvalue weighted by Crippen LogP contribution is 2.44. The Kier molecular flexibility index (Phi) is 7.01. The number of hydrogen-bond acceptors (Lipinski definition) is 3. The lowest BCUT2D eigenvalue weighted by atomic mass is 9.87. The molecule has 1 heterocycles. The lowest BCUT2D eigenvalue weighted by Gasteiger charge is -2.40. The van der Waals surface area contributed by atoms with Gasteiger partial charge in [-0.2, -0.15) is 0 Å². The number of allylic oxidation sites excluding steroid dienone is 5. The highest BCUT2D eigenvalue weighted by molar-refractivity contribution is 6.99. The van der Waals surface area contributed by atoms with Crippen LogP contribution in [0, 0.1) is 0 Å². The number of carboxylic acids is 1. The standard InChI is InChI=1S/C28H31N5O2Si/c1-32(2)19-11-13-23-25(17-19)36(5,16-8-15-30-31-29)26-18-20(33(3)4)12-14-24(26)27(23)21-9-6-7-10-22(21)28(34)35/h6-7,9-14,17-18H,8,15-16H2,1-5H3/p+1.